The molecule has 0 aromatic heterocycles. The fourth-order valence-corrected chi connectivity index (χ4v) is 1.47. The molecule has 0 aliphatic heterocycles. The molecule has 1 aromatic carbocycles. The van der Waals surface area contributed by atoms with E-state index in [1.807, 2.05) is 0 Å². The van der Waals surface area contributed by atoms with Crippen LogP contribution in [0.1, 0.15) is 13.3 Å². The highest BCUT2D eigenvalue weighted by Crippen LogP contribution is 2.27. The van der Waals surface area contributed by atoms with Gasteiger partial charge < -0.3 is 11.1 Å². The van der Waals surface area contributed by atoms with Crippen LogP contribution in [0.2, 0.25) is 0 Å². The Kier molecular flexibility index (Phi) is 4.73. The predicted molar refractivity (Wildman–Crippen MR) is 64.5 cm³/mol. The first kappa shape index (κ1) is 14.0. The van der Waals surface area contributed by atoms with Gasteiger partial charge in [0.15, 0.2) is 11.5 Å². The van der Waals surface area contributed by atoms with Crippen LogP contribution >= 0.6 is 0 Å². The summed E-state index contributed by atoms with van der Waals surface area (Å²) in [7, 11) is 0. The monoisotopic (exact) mass is 255 g/mol. The number of nitrogens with zero attached hydrogens (tertiary/aromatic N) is 1. The van der Waals surface area contributed by atoms with Crippen LogP contribution < -0.4 is 11.1 Å². The quantitative estimate of drug-likeness (QED) is 0.617. The number of nitrogens with two attached hydrogens (primary N) is 1. The van der Waals surface area contributed by atoms with Crippen molar-refractivity contribution in [3.8, 4) is 0 Å². The van der Waals surface area contributed by atoms with E-state index >= 15 is 0 Å². The normalized spacial score (nSPS) is 11.9. The van der Waals surface area contributed by atoms with Crippen molar-refractivity contribution >= 4 is 17.3 Å². The summed E-state index contributed by atoms with van der Waals surface area (Å²) in [5.74, 6) is -1.86. The number of para-hydroxylation sites is 1. The van der Waals surface area contributed by atoms with Gasteiger partial charge in [0.2, 0.25) is 5.91 Å². The van der Waals surface area contributed by atoms with Crippen molar-refractivity contribution in [3.63, 3.8) is 0 Å². The molecule has 6 nitrogen and oxygen atoms in total. The van der Waals surface area contributed by atoms with Crippen LogP contribution in [0.15, 0.2) is 18.2 Å². The summed E-state index contributed by atoms with van der Waals surface area (Å²) in [6.45, 7) is 1.86. The molecule has 3 N–H and O–H groups in total. The van der Waals surface area contributed by atoms with E-state index in [4.69, 9.17) is 5.73 Å². The van der Waals surface area contributed by atoms with Crippen LogP contribution in [0.4, 0.5) is 15.8 Å². The van der Waals surface area contributed by atoms with Gasteiger partial charge in [-0.15, -0.1) is 0 Å². The molecule has 98 valence electrons. The first-order chi connectivity index (χ1) is 8.51. The predicted octanol–water partition coefficient (Wildman–Crippen LogP) is 1.66. The summed E-state index contributed by atoms with van der Waals surface area (Å²) < 4.78 is 13.5. The number of nitrogens with one attached hydrogen (secondary N) is 1. The minimum absolute atomic E-state index is 0.102. The van der Waals surface area contributed by atoms with E-state index in [9.17, 15) is 19.3 Å². The summed E-state index contributed by atoms with van der Waals surface area (Å²) in [6, 6.07) is 3.39. The molecule has 0 heterocycles. The number of rotatable bonds is 5. The molecular formula is C11H14FN3O3. The van der Waals surface area contributed by atoms with Crippen molar-refractivity contribution in [2.24, 2.45) is 11.7 Å². The van der Waals surface area contributed by atoms with Crippen molar-refractivity contribution in [3.05, 3.63) is 34.1 Å². The molecule has 1 rings (SSSR count). The van der Waals surface area contributed by atoms with Gasteiger partial charge in [0.1, 0.15) is 0 Å². The standard InChI is InChI=1S/C11H14FN3O3/c1-2-7(6-13)11(16)14-10-8(12)4-3-5-9(10)15(17)18/h3-5,7H,2,6,13H2,1H3,(H,14,16). The molecule has 1 aromatic rings. The third-order valence-electron chi connectivity index (χ3n) is 2.58. The lowest BCUT2D eigenvalue weighted by Crippen LogP contribution is -2.29. The molecular weight excluding hydrogens is 241 g/mol. The number of carbonyl (C=O) groups excluding carboxylic acids is 1. The number of hydrogen-bond acceptors (Lipinski definition) is 4. The van der Waals surface area contributed by atoms with Crippen molar-refractivity contribution in [1.29, 1.82) is 0 Å². The third kappa shape index (κ3) is 3.01. The Morgan fingerprint density at radius 3 is 2.78 bits per heavy atom. The molecule has 0 saturated heterocycles. The Morgan fingerprint density at radius 1 is 1.61 bits per heavy atom. The Hall–Kier alpha value is -2.02. The number of nitro benzene ring substituents is 1. The topological polar surface area (TPSA) is 98.3 Å². The summed E-state index contributed by atoms with van der Waals surface area (Å²) in [5, 5.41) is 13.0. The second-order valence-electron chi connectivity index (χ2n) is 3.72. The molecule has 1 amide bonds. The molecule has 0 aliphatic carbocycles. The molecule has 1 atom stereocenters. The lowest BCUT2D eigenvalue weighted by atomic mass is 10.1. The van der Waals surface area contributed by atoms with Gasteiger partial charge in [-0.2, -0.15) is 0 Å². The summed E-state index contributed by atoms with van der Waals surface area (Å²) in [5.41, 5.74) is 4.49. The summed E-state index contributed by atoms with van der Waals surface area (Å²) in [6.07, 6.45) is 0.477. The molecule has 0 bridgehead atoms. The van der Waals surface area contributed by atoms with Crippen molar-refractivity contribution in [1.82, 2.24) is 0 Å². The van der Waals surface area contributed by atoms with Crippen molar-refractivity contribution in [2.75, 3.05) is 11.9 Å². The molecule has 18 heavy (non-hydrogen) atoms. The van der Waals surface area contributed by atoms with Gasteiger partial charge in [0, 0.05) is 12.6 Å². The van der Waals surface area contributed by atoms with Crippen molar-refractivity contribution in [2.45, 2.75) is 13.3 Å². The number of carbonyl (C=O) groups is 1. The maximum absolute atomic E-state index is 13.5. The molecule has 1 unspecified atom stereocenters. The number of anilines is 1. The fourth-order valence-electron chi connectivity index (χ4n) is 1.47. The first-order valence-corrected chi connectivity index (χ1v) is 5.45. The van der Waals surface area contributed by atoms with Gasteiger partial charge >= 0.3 is 0 Å². The zero-order valence-electron chi connectivity index (χ0n) is 9.85. The largest absolute Gasteiger partial charge is 0.330 e. The Bertz CT molecular complexity index is 461. The smallest absolute Gasteiger partial charge is 0.295 e. The average Bonchev–Trinajstić information content (AvgIpc) is 2.33. The van der Waals surface area contributed by atoms with E-state index in [1.54, 1.807) is 6.92 Å². The van der Waals surface area contributed by atoms with E-state index in [0.717, 1.165) is 12.1 Å². The van der Waals surface area contributed by atoms with Crippen LogP contribution in [-0.4, -0.2) is 17.4 Å². The number of hydrogen-bond donors (Lipinski definition) is 2. The SMILES string of the molecule is CCC(CN)C(=O)Nc1c(F)cccc1[N+](=O)[O-]. The Morgan fingerprint density at radius 2 is 2.28 bits per heavy atom. The highest BCUT2D eigenvalue weighted by molar-refractivity contribution is 5.94. The highest BCUT2D eigenvalue weighted by Gasteiger charge is 2.22. The van der Waals surface area contributed by atoms with Gasteiger partial charge in [0.05, 0.1) is 10.8 Å². The summed E-state index contributed by atoms with van der Waals surface area (Å²) >= 11 is 0. The molecule has 0 saturated carbocycles. The molecule has 0 aliphatic rings. The number of halogens is 1. The number of amides is 1. The third-order valence-corrected chi connectivity index (χ3v) is 2.58. The van der Waals surface area contributed by atoms with Crippen LogP contribution in [-0.2, 0) is 4.79 Å². The highest BCUT2D eigenvalue weighted by atomic mass is 19.1. The number of benzene rings is 1. The van der Waals surface area contributed by atoms with Gasteiger partial charge in [-0.25, -0.2) is 4.39 Å². The molecule has 0 radical (unpaired) electrons. The zero-order valence-corrected chi connectivity index (χ0v) is 9.85. The minimum Gasteiger partial charge on any atom is -0.330 e. The lowest BCUT2D eigenvalue weighted by Gasteiger charge is -2.13. The van der Waals surface area contributed by atoms with Gasteiger partial charge in [0.25, 0.3) is 5.69 Å². The first-order valence-electron chi connectivity index (χ1n) is 5.45. The van der Waals surface area contributed by atoms with Gasteiger partial charge in [-0.1, -0.05) is 13.0 Å². The van der Waals surface area contributed by atoms with E-state index in [0.29, 0.717) is 6.42 Å². The average molecular weight is 255 g/mol. The van der Waals surface area contributed by atoms with E-state index < -0.39 is 33.9 Å². The van der Waals surface area contributed by atoms with Crippen LogP contribution in [0.5, 0.6) is 0 Å². The minimum atomic E-state index is -0.843. The Labute approximate surface area is 103 Å². The second-order valence-corrected chi connectivity index (χ2v) is 3.72. The van der Waals surface area contributed by atoms with Gasteiger partial charge in [-0.3, -0.25) is 14.9 Å². The lowest BCUT2D eigenvalue weighted by molar-refractivity contribution is -0.384. The van der Waals surface area contributed by atoms with Crippen molar-refractivity contribution < 1.29 is 14.1 Å². The summed E-state index contributed by atoms with van der Waals surface area (Å²) in [4.78, 5) is 21.7. The molecule has 0 fully saturated rings. The zero-order chi connectivity index (χ0) is 13.7. The van der Waals surface area contributed by atoms with E-state index in [2.05, 4.69) is 5.32 Å². The van der Waals surface area contributed by atoms with Crippen LogP contribution in [0.25, 0.3) is 0 Å². The maximum atomic E-state index is 13.5. The molecule has 7 heteroatoms. The number of nitro groups is 1. The fraction of sp³-hybridized carbons (Fsp3) is 0.364. The van der Waals surface area contributed by atoms with Crippen LogP contribution in [0, 0.1) is 21.8 Å². The van der Waals surface area contributed by atoms with Gasteiger partial charge in [-0.05, 0) is 12.5 Å². The second kappa shape index (κ2) is 6.06. The van der Waals surface area contributed by atoms with Crippen LogP contribution in [0.3, 0.4) is 0 Å². The maximum Gasteiger partial charge on any atom is 0.295 e. The molecule has 0 spiro atoms. The Balaban J connectivity index is 3.03. The van der Waals surface area contributed by atoms with E-state index in [1.165, 1.54) is 6.07 Å². The van der Waals surface area contributed by atoms with E-state index in [-0.39, 0.29) is 6.54 Å².